The molecule has 1 aliphatic rings. The van der Waals surface area contributed by atoms with Crippen molar-refractivity contribution in [3.8, 4) is 0 Å². The number of hydrogen-bond acceptors (Lipinski definition) is 2. The zero-order valence-electron chi connectivity index (χ0n) is 11.0. The summed E-state index contributed by atoms with van der Waals surface area (Å²) in [5.74, 6) is 0.105. The van der Waals surface area contributed by atoms with Crippen molar-refractivity contribution >= 4 is 27.5 Å². The van der Waals surface area contributed by atoms with Gasteiger partial charge < -0.3 is 10.6 Å². The van der Waals surface area contributed by atoms with Crippen LogP contribution in [-0.2, 0) is 0 Å². The second-order valence-electron chi connectivity index (χ2n) is 5.73. The summed E-state index contributed by atoms with van der Waals surface area (Å²) in [6.45, 7) is 6.86. The first kappa shape index (κ1) is 13.4. The quantitative estimate of drug-likeness (QED) is 0.650. The summed E-state index contributed by atoms with van der Waals surface area (Å²) < 4.78 is 0.900. The lowest BCUT2D eigenvalue weighted by atomic mass is 9.82. The molecule has 1 heterocycles. The van der Waals surface area contributed by atoms with Crippen LogP contribution in [0, 0.1) is 10.8 Å². The molecule has 0 unspecified atom stereocenters. The van der Waals surface area contributed by atoms with Gasteiger partial charge in [0.2, 0.25) is 0 Å². The number of amidine groups is 1. The summed E-state index contributed by atoms with van der Waals surface area (Å²) in [5.41, 5.74) is 7.95. The van der Waals surface area contributed by atoms with Crippen molar-refractivity contribution in [3.63, 3.8) is 0 Å². The highest BCUT2D eigenvalue weighted by atomic mass is 79.9. The zero-order valence-corrected chi connectivity index (χ0v) is 12.5. The molecule has 3 nitrogen and oxygen atoms in total. The highest BCUT2D eigenvalue weighted by Gasteiger charge is 2.25. The van der Waals surface area contributed by atoms with E-state index in [0.29, 0.717) is 5.41 Å². The first-order valence-corrected chi connectivity index (χ1v) is 7.07. The Hall–Kier alpha value is -1.03. The third-order valence-corrected chi connectivity index (χ3v) is 4.38. The summed E-state index contributed by atoms with van der Waals surface area (Å²) in [4.78, 5) is 2.40. The molecule has 3 N–H and O–H groups in total. The largest absolute Gasteiger partial charge is 0.384 e. The van der Waals surface area contributed by atoms with Gasteiger partial charge in [0.05, 0.1) is 0 Å². The standard InChI is InChI=1S/C14H20BrN3/c1-14(2)5-7-18(8-6-14)10-3-4-11(13(16)17)12(15)9-10/h3-4,9H,5-8H2,1-2H3,(H3,16,17). The molecule has 1 aromatic carbocycles. The van der Waals surface area contributed by atoms with Gasteiger partial charge in [-0.2, -0.15) is 0 Å². The Morgan fingerprint density at radius 3 is 2.44 bits per heavy atom. The Balaban J connectivity index is 2.16. The number of rotatable bonds is 2. The number of piperidine rings is 1. The molecule has 18 heavy (non-hydrogen) atoms. The van der Waals surface area contributed by atoms with Gasteiger partial charge in [-0.15, -0.1) is 0 Å². The highest BCUT2D eigenvalue weighted by Crippen LogP contribution is 2.33. The number of halogens is 1. The average molecular weight is 310 g/mol. The lowest BCUT2D eigenvalue weighted by Gasteiger charge is -2.38. The molecular weight excluding hydrogens is 290 g/mol. The van der Waals surface area contributed by atoms with Crippen LogP contribution in [0.3, 0.4) is 0 Å². The summed E-state index contributed by atoms with van der Waals surface area (Å²) in [5, 5.41) is 7.48. The van der Waals surface area contributed by atoms with Crippen LogP contribution in [0.5, 0.6) is 0 Å². The summed E-state index contributed by atoms with van der Waals surface area (Å²) in [6, 6.07) is 6.04. The monoisotopic (exact) mass is 309 g/mol. The minimum atomic E-state index is 0.105. The van der Waals surface area contributed by atoms with Crippen LogP contribution in [-0.4, -0.2) is 18.9 Å². The summed E-state index contributed by atoms with van der Waals surface area (Å²) in [7, 11) is 0. The minimum Gasteiger partial charge on any atom is -0.384 e. The fourth-order valence-corrected chi connectivity index (χ4v) is 2.87. The van der Waals surface area contributed by atoms with Crippen LogP contribution in [0.25, 0.3) is 0 Å². The van der Waals surface area contributed by atoms with E-state index in [2.05, 4.69) is 46.8 Å². The van der Waals surface area contributed by atoms with Crippen molar-refractivity contribution in [3.05, 3.63) is 28.2 Å². The maximum absolute atomic E-state index is 7.48. The van der Waals surface area contributed by atoms with Gasteiger partial charge in [0, 0.05) is 28.8 Å². The lowest BCUT2D eigenvalue weighted by molar-refractivity contribution is 0.280. The maximum atomic E-state index is 7.48. The van der Waals surface area contributed by atoms with Gasteiger partial charge in [-0.3, -0.25) is 5.41 Å². The van der Waals surface area contributed by atoms with Crippen LogP contribution in [0.4, 0.5) is 5.69 Å². The number of nitrogen functional groups attached to an aromatic ring is 1. The number of benzene rings is 1. The van der Waals surface area contributed by atoms with E-state index in [9.17, 15) is 0 Å². The van der Waals surface area contributed by atoms with E-state index in [-0.39, 0.29) is 5.84 Å². The number of nitrogens with one attached hydrogen (secondary N) is 1. The Morgan fingerprint density at radius 2 is 1.94 bits per heavy atom. The first-order chi connectivity index (χ1) is 8.39. The van der Waals surface area contributed by atoms with E-state index in [1.807, 2.05) is 6.07 Å². The van der Waals surface area contributed by atoms with E-state index in [1.165, 1.54) is 18.5 Å². The molecule has 0 spiro atoms. The second-order valence-corrected chi connectivity index (χ2v) is 6.58. The van der Waals surface area contributed by atoms with Gasteiger partial charge in [0.15, 0.2) is 0 Å². The molecule has 0 amide bonds. The Morgan fingerprint density at radius 1 is 1.33 bits per heavy atom. The van der Waals surface area contributed by atoms with E-state index in [4.69, 9.17) is 11.1 Å². The van der Waals surface area contributed by atoms with Crippen LogP contribution >= 0.6 is 15.9 Å². The maximum Gasteiger partial charge on any atom is 0.123 e. The third-order valence-electron chi connectivity index (χ3n) is 3.72. The molecule has 0 atom stereocenters. The van der Waals surface area contributed by atoms with Crippen LogP contribution < -0.4 is 10.6 Å². The van der Waals surface area contributed by atoms with Crippen molar-refractivity contribution in [2.45, 2.75) is 26.7 Å². The van der Waals surface area contributed by atoms with E-state index in [0.717, 1.165) is 23.1 Å². The van der Waals surface area contributed by atoms with Gasteiger partial charge in [-0.25, -0.2) is 0 Å². The van der Waals surface area contributed by atoms with E-state index < -0.39 is 0 Å². The number of hydrogen-bond donors (Lipinski definition) is 2. The molecule has 1 saturated heterocycles. The summed E-state index contributed by atoms with van der Waals surface area (Å²) >= 11 is 3.49. The van der Waals surface area contributed by atoms with Crippen molar-refractivity contribution in [2.24, 2.45) is 11.1 Å². The molecule has 0 aliphatic carbocycles. The van der Waals surface area contributed by atoms with Crippen molar-refractivity contribution in [1.82, 2.24) is 0 Å². The average Bonchev–Trinajstić information content (AvgIpc) is 2.28. The normalized spacial score (nSPS) is 18.7. The molecule has 4 heteroatoms. The molecule has 0 saturated carbocycles. The van der Waals surface area contributed by atoms with Crippen LogP contribution in [0.1, 0.15) is 32.3 Å². The van der Waals surface area contributed by atoms with Crippen molar-refractivity contribution in [1.29, 1.82) is 5.41 Å². The smallest absolute Gasteiger partial charge is 0.123 e. The Kier molecular flexibility index (Phi) is 3.66. The third kappa shape index (κ3) is 2.86. The fraction of sp³-hybridized carbons (Fsp3) is 0.500. The second kappa shape index (κ2) is 4.92. The van der Waals surface area contributed by atoms with Crippen LogP contribution in [0.15, 0.2) is 22.7 Å². The van der Waals surface area contributed by atoms with E-state index in [1.54, 1.807) is 0 Å². The number of nitrogens with zero attached hydrogens (tertiary/aromatic N) is 1. The Labute approximate surface area is 117 Å². The molecule has 1 aliphatic heterocycles. The molecule has 98 valence electrons. The van der Waals surface area contributed by atoms with E-state index >= 15 is 0 Å². The van der Waals surface area contributed by atoms with Crippen molar-refractivity contribution < 1.29 is 0 Å². The predicted molar refractivity (Wildman–Crippen MR) is 80.4 cm³/mol. The molecule has 0 aromatic heterocycles. The zero-order chi connectivity index (χ0) is 13.3. The van der Waals surface area contributed by atoms with Gasteiger partial charge in [-0.05, 0) is 52.4 Å². The number of nitrogens with two attached hydrogens (primary N) is 1. The summed E-state index contributed by atoms with van der Waals surface area (Å²) in [6.07, 6.45) is 2.44. The molecule has 0 radical (unpaired) electrons. The minimum absolute atomic E-state index is 0.105. The molecular formula is C14H20BrN3. The molecule has 0 bridgehead atoms. The Bertz CT molecular complexity index is 458. The first-order valence-electron chi connectivity index (χ1n) is 6.28. The molecule has 1 aromatic rings. The number of anilines is 1. The van der Waals surface area contributed by atoms with Crippen LogP contribution in [0.2, 0.25) is 0 Å². The van der Waals surface area contributed by atoms with Gasteiger partial charge in [-0.1, -0.05) is 13.8 Å². The highest BCUT2D eigenvalue weighted by molar-refractivity contribution is 9.10. The lowest BCUT2D eigenvalue weighted by Crippen LogP contribution is -2.37. The van der Waals surface area contributed by atoms with Gasteiger partial charge in [0.25, 0.3) is 0 Å². The predicted octanol–water partition coefficient (Wildman–Crippen LogP) is 3.36. The van der Waals surface area contributed by atoms with Gasteiger partial charge >= 0.3 is 0 Å². The topological polar surface area (TPSA) is 53.1 Å². The molecule has 2 rings (SSSR count). The fourth-order valence-electron chi connectivity index (χ4n) is 2.29. The van der Waals surface area contributed by atoms with Gasteiger partial charge in [0.1, 0.15) is 5.84 Å². The SMILES string of the molecule is CC1(C)CCN(c2ccc(C(=N)N)c(Br)c2)CC1. The van der Waals surface area contributed by atoms with Crippen molar-refractivity contribution in [2.75, 3.05) is 18.0 Å². The molecule has 1 fully saturated rings.